The fourth-order valence-electron chi connectivity index (χ4n) is 2.28. The van der Waals surface area contributed by atoms with Crippen LogP contribution in [0, 0.1) is 5.92 Å². The van der Waals surface area contributed by atoms with Crippen LogP contribution in [0.25, 0.3) is 0 Å². The zero-order valence-corrected chi connectivity index (χ0v) is 12.3. The summed E-state index contributed by atoms with van der Waals surface area (Å²) in [5.74, 6) is -0.537. The van der Waals surface area contributed by atoms with Gasteiger partial charge in [0.05, 0.1) is 4.90 Å². The summed E-state index contributed by atoms with van der Waals surface area (Å²) in [6.45, 7) is 0. The third-order valence-electron chi connectivity index (χ3n) is 3.32. The van der Waals surface area contributed by atoms with Crippen molar-refractivity contribution in [1.82, 2.24) is 0 Å². The first-order chi connectivity index (χ1) is 8.49. The van der Waals surface area contributed by atoms with Gasteiger partial charge in [-0.05, 0) is 37.1 Å². The number of hydrogen-bond acceptors (Lipinski definition) is 3. The van der Waals surface area contributed by atoms with Crippen LogP contribution in [0.2, 0.25) is 0 Å². The van der Waals surface area contributed by atoms with Gasteiger partial charge in [-0.15, -0.1) is 0 Å². The SMILES string of the molecule is O=C(CS(=O)(=O)c1ccc(Br)cc1)C1CCCC1. The quantitative estimate of drug-likeness (QED) is 0.852. The Bertz CT molecular complexity index is 528. The summed E-state index contributed by atoms with van der Waals surface area (Å²) < 4.78 is 25.0. The van der Waals surface area contributed by atoms with E-state index in [2.05, 4.69) is 15.9 Å². The number of carbonyl (C=O) groups is 1. The topological polar surface area (TPSA) is 51.2 Å². The van der Waals surface area contributed by atoms with Gasteiger partial charge < -0.3 is 0 Å². The number of Topliss-reactive ketones (excluding diaryl/α,β-unsaturated/α-hetero) is 1. The van der Waals surface area contributed by atoms with Crippen LogP contribution in [0.5, 0.6) is 0 Å². The van der Waals surface area contributed by atoms with E-state index in [1.165, 1.54) is 12.1 Å². The van der Waals surface area contributed by atoms with E-state index in [-0.39, 0.29) is 22.3 Å². The van der Waals surface area contributed by atoms with Crippen molar-refractivity contribution in [2.24, 2.45) is 5.92 Å². The predicted octanol–water partition coefficient (Wildman–Crippen LogP) is 2.98. The Hall–Kier alpha value is -0.680. The highest BCUT2D eigenvalue weighted by molar-refractivity contribution is 9.10. The van der Waals surface area contributed by atoms with Gasteiger partial charge in [-0.1, -0.05) is 28.8 Å². The molecule has 0 aromatic heterocycles. The van der Waals surface area contributed by atoms with Gasteiger partial charge in [0.15, 0.2) is 15.6 Å². The molecule has 5 heteroatoms. The van der Waals surface area contributed by atoms with Crippen LogP contribution in [-0.4, -0.2) is 20.0 Å². The van der Waals surface area contributed by atoms with E-state index in [0.29, 0.717) is 0 Å². The van der Waals surface area contributed by atoms with Crippen molar-refractivity contribution in [2.75, 3.05) is 5.75 Å². The summed E-state index contributed by atoms with van der Waals surface area (Å²) in [5, 5.41) is 0. The van der Waals surface area contributed by atoms with Crippen molar-refractivity contribution >= 4 is 31.6 Å². The van der Waals surface area contributed by atoms with E-state index in [0.717, 1.165) is 30.2 Å². The second-order valence-electron chi connectivity index (χ2n) is 4.66. The highest BCUT2D eigenvalue weighted by atomic mass is 79.9. The zero-order valence-electron chi connectivity index (χ0n) is 9.93. The summed E-state index contributed by atoms with van der Waals surface area (Å²) in [6, 6.07) is 6.41. The predicted molar refractivity (Wildman–Crippen MR) is 73.2 cm³/mol. The van der Waals surface area contributed by atoms with Crippen LogP contribution < -0.4 is 0 Å². The van der Waals surface area contributed by atoms with Gasteiger partial charge in [0.2, 0.25) is 0 Å². The largest absolute Gasteiger partial charge is 0.298 e. The van der Waals surface area contributed by atoms with Gasteiger partial charge >= 0.3 is 0 Å². The van der Waals surface area contributed by atoms with Crippen LogP contribution >= 0.6 is 15.9 Å². The summed E-state index contributed by atoms with van der Waals surface area (Å²) in [6.07, 6.45) is 3.76. The molecule has 1 fully saturated rings. The maximum Gasteiger partial charge on any atom is 0.185 e. The minimum atomic E-state index is -3.48. The molecular weight excluding hydrogens is 316 g/mol. The Balaban J connectivity index is 2.11. The summed E-state index contributed by atoms with van der Waals surface area (Å²) in [7, 11) is -3.48. The molecule has 18 heavy (non-hydrogen) atoms. The lowest BCUT2D eigenvalue weighted by Crippen LogP contribution is -2.22. The summed E-state index contributed by atoms with van der Waals surface area (Å²) >= 11 is 3.26. The van der Waals surface area contributed by atoms with Crippen molar-refractivity contribution in [3.8, 4) is 0 Å². The Labute approximate surface area is 116 Å². The molecule has 0 amide bonds. The van der Waals surface area contributed by atoms with Gasteiger partial charge in [-0.25, -0.2) is 8.42 Å². The maximum atomic E-state index is 12.1. The van der Waals surface area contributed by atoms with E-state index in [1.807, 2.05) is 0 Å². The average Bonchev–Trinajstić information content (AvgIpc) is 2.82. The van der Waals surface area contributed by atoms with E-state index in [1.54, 1.807) is 12.1 Å². The monoisotopic (exact) mass is 330 g/mol. The van der Waals surface area contributed by atoms with Crippen LogP contribution in [0.15, 0.2) is 33.6 Å². The van der Waals surface area contributed by atoms with Gasteiger partial charge in [0.25, 0.3) is 0 Å². The molecule has 0 unspecified atom stereocenters. The number of ketones is 1. The van der Waals surface area contributed by atoms with Gasteiger partial charge in [0, 0.05) is 10.4 Å². The van der Waals surface area contributed by atoms with Crippen molar-refractivity contribution in [3.05, 3.63) is 28.7 Å². The molecule has 0 aliphatic heterocycles. The molecule has 1 aromatic rings. The van der Waals surface area contributed by atoms with Crippen molar-refractivity contribution in [1.29, 1.82) is 0 Å². The second-order valence-corrected chi connectivity index (χ2v) is 7.57. The van der Waals surface area contributed by atoms with Gasteiger partial charge in [-0.2, -0.15) is 0 Å². The number of benzene rings is 1. The first-order valence-corrected chi connectivity index (χ1v) is 8.44. The Morgan fingerprint density at radius 1 is 1.17 bits per heavy atom. The van der Waals surface area contributed by atoms with Crippen molar-refractivity contribution in [3.63, 3.8) is 0 Å². The summed E-state index contributed by atoms with van der Waals surface area (Å²) in [4.78, 5) is 12.1. The van der Waals surface area contributed by atoms with Crippen molar-refractivity contribution < 1.29 is 13.2 Å². The molecule has 1 aliphatic carbocycles. The minimum Gasteiger partial charge on any atom is -0.298 e. The number of sulfone groups is 1. The number of halogens is 1. The molecule has 0 saturated heterocycles. The fraction of sp³-hybridized carbons (Fsp3) is 0.462. The first-order valence-electron chi connectivity index (χ1n) is 6.00. The van der Waals surface area contributed by atoms with E-state index in [9.17, 15) is 13.2 Å². The molecule has 0 radical (unpaired) electrons. The molecule has 1 saturated carbocycles. The normalized spacial score (nSPS) is 16.9. The van der Waals surface area contributed by atoms with E-state index in [4.69, 9.17) is 0 Å². The molecule has 2 rings (SSSR count). The highest BCUT2D eigenvalue weighted by Crippen LogP contribution is 2.26. The third kappa shape index (κ3) is 3.20. The lowest BCUT2D eigenvalue weighted by molar-refractivity contribution is -0.120. The van der Waals surface area contributed by atoms with Crippen LogP contribution in [-0.2, 0) is 14.6 Å². The third-order valence-corrected chi connectivity index (χ3v) is 5.50. The Morgan fingerprint density at radius 2 is 1.72 bits per heavy atom. The molecule has 98 valence electrons. The Morgan fingerprint density at radius 3 is 2.28 bits per heavy atom. The second kappa shape index (κ2) is 5.53. The number of rotatable bonds is 4. The lowest BCUT2D eigenvalue weighted by atomic mass is 10.0. The molecule has 1 aliphatic rings. The smallest absolute Gasteiger partial charge is 0.185 e. The highest BCUT2D eigenvalue weighted by Gasteiger charge is 2.27. The minimum absolute atomic E-state index is 0.0461. The number of carbonyl (C=O) groups excluding carboxylic acids is 1. The molecular formula is C13H15BrO3S. The Kier molecular flexibility index (Phi) is 4.22. The van der Waals surface area contributed by atoms with Crippen LogP contribution in [0.1, 0.15) is 25.7 Å². The standard InChI is InChI=1S/C13H15BrO3S/c14-11-5-7-12(8-6-11)18(16,17)9-13(15)10-3-1-2-4-10/h5-8,10H,1-4,9H2. The maximum absolute atomic E-state index is 12.1. The number of hydrogen-bond donors (Lipinski definition) is 0. The zero-order chi connectivity index (χ0) is 13.2. The van der Waals surface area contributed by atoms with E-state index < -0.39 is 9.84 Å². The van der Waals surface area contributed by atoms with Crippen LogP contribution in [0.4, 0.5) is 0 Å². The van der Waals surface area contributed by atoms with Gasteiger partial charge in [0.1, 0.15) is 5.75 Å². The lowest BCUT2D eigenvalue weighted by Gasteiger charge is -2.08. The summed E-state index contributed by atoms with van der Waals surface area (Å²) in [5.41, 5.74) is 0. The molecule has 0 spiro atoms. The molecule has 0 atom stereocenters. The molecule has 1 aromatic carbocycles. The molecule has 0 bridgehead atoms. The van der Waals surface area contributed by atoms with Crippen LogP contribution in [0.3, 0.4) is 0 Å². The molecule has 3 nitrogen and oxygen atoms in total. The average molecular weight is 331 g/mol. The fourth-order valence-corrected chi connectivity index (χ4v) is 3.87. The van der Waals surface area contributed by atoms with E-state index >= 15 is 0 Å². The molecule has 0 N–H and O–H groups in total. The first kappa shape index (κ1) is 13.7. The van der Waals surface area contributed by atoms with Crippen molar-refractivity contribution in [2.45, 2.75) is 30.6 Å². The molecule has 0 heterocycles. The van der Waals surface area contributed by atoms with Gasteiger partial charge in [-0.3, -0.25) is 4.79 Å².